The Kier molecular flexibility index (Phi) is 6.93. The Morgan fingerprint density at radius 1 is 1.18 bits per heavy atom. The number of halogens is 1. The number of nitrogens with zero attached hydrogens (tertiary/aromatic N) is 5. The number of likely N-dealkylation sites (tertiary alicyclic amines) is 1. The van der Waals surface area contributed by atoms with Crippen molar-refractivity contribution in [2.24, 2.45) is 0 Å². The van der Waals surface area contributed by atoms with Crippen LogP contribution in [0.4, 0.5) is 15.9 Å². The van der Waals surface area contributed by atoms with E-state index in [9.17, 15) is 9.18 Å². The van der Waals surface area contributed by atoms with Crippen LogP contribution in [0.2, 0.25) is 0 Å². The van der Waals surface area contributed by atoms with Gasteiger partial charge in [-0.1, -0.05) is 24.6 Å². The number of carbonyl (C=O) groups excluding carboxylic acids is 1. The van der Waals surface area contributed by atoms with E-state index in [4.69, 9.17) is 4.98 Å². The third-order valence-corrected chi connectivity index (χ3v) is 5.94. The molecule has 8 heteroatoms. The Morgan fingerprint density at radius 3 is 2.76 bits per heavy atom. The molecule has 1 aliphatic heterocycles. The van der Waals surface area contributed by atoms with Crippen molar-refractivity contribution in [1.82, 2.24) is 19.9 Å². The number of amides is 1. The SMILES string of the molecule is Cc1nc([C@H]2CCCCN2Cc2cccnc2N(C)C)ncc1C(=O)Nc1ccccc1F. The molecule has 0 spiro atoms. The van der Waals surface area contributed by atoms with Crippen LogP contribution in [0.5, 0.6) is 0 Å². The summed E-state index contributed by atoms with van der Waals surface area (Å²) in [7, 11) is 3.99. The van der Waals surface area contributed by atoms with E-state index in [1.165, 1.54) is 12.1 Å². The summed E-state index contributed by atoms with van der Waals surface area (Å²) in [6, 6.07) is 10.2. The maximum Gasteiger partial charge on any atom is 0.259 e. The fourth-order valence-corrected chi connectivity index (χ4v) is 4.27. The number of nitrogens with one attached hydrogen (secondary N) is 1. The second kappa shape index (κ2) is 10.0. The van der Waals surface area contributed by atoms with Gasteiger partial charge in [-0.25, -0.2) is 19.3 Å². The summed E-state index contributed by atoms with van der Waals surface area (Å²) in [5.41, 5.74) is 2.21. The van der Waals surface area contributed by atoms with Gasteiger partial charge in [-0.15, -0.1) is 0 Å². The van der Waals surface area contributed by atoms with Gasteiger partial charge in [0.25, 0.3) is 5.91 Å². The first-order chi connectivity index (χ1) is 15.9. The average molecular weight is 449 g/mol. The molecule has 0 radical (unpaired) electrons. The zero-order valence-corrected chi connectivity index (χ0v) is 19.3. The molecule has 1 aromatic carbocycles. The van der Waals surface area contributed by atoms with Crippen LogP contribution < -0.4 is 10.2 Å². The maximum atomic E-state index is 13.9. The predicted molar refractivity (Wildman–Crippen MR) is 127 cm³/mol. The number of hydrogen-bond acceptors (Lipinski definition) is 6. The van der Waals surface area contributed by atoms with Gasteiger partial charge in [0.1, 0.15) is 17.5 Å². The van der Waals surface area contributed by atoms with Gasteiger partial charge in [-0.3, -0.25) is 9.69 Å². The summed E-state index contributed by atoms with van der Waals surface area (Å²) < 4.78 is 13.9. The third-order valence-electron chi connectivity index (χ3n) is 5.94. The molecule has 1 N–H and O–H groups in total. The molecule has 4 rings (SSSR count). The molecule has 33 heavy (non-hydrogen) atoms. The van der Waals surface area contributed by atoms with Gasteiger partial charge >= 0.3 is 0 Å². The van der Waals surface area contributed by atoms with E-state index in [1.807, 2.05) is 31.3 Å². The lowest BCUT2D eigenvalue weighted by atomic mass is 10.00. The minimum atomic E-state index is -0.480. The first-order valence-electron chi connectivity index (χ1n) is 11.2. The normalized spacial score (nSPS) is 16.4. The minimum Gasteiger partial charge on any atom is -0.362 e. The standard InChI is InChI=1S/C25H29FN6O/c1-17-19(25(33)30-21-11-5-4-10-20(21)26)15-28-23(29-17)22-12-6-7-14-32(22)16-18-9-8-13-27-24(18)31(2)3/h4-5,8-11,13,15,22H,6-7,12,14,16H2,1-3H3,(H,30,33)/t22-/m1/s1. The molecule has 1 atom stereocenters. The Hall–Kier alpha value is -3.39. The number of para-hydroxylation sites is 1. The molecule has 2 aromatic heterocycles. The molecule has 1 amide bonds. The number of piperidine rings is 1. The molecule has 3 heterocycles. The highest BCUT2D eigenvalue weighted by atomic mass is 19.1. The highest BCUT2D eigenvalue weighted by Gasteiger charge is 2.28. The molecule has 0 unspecified atom stereocenters. The molecule has 0 bridgehead atoms. The summed E-state index contributed by atoms with van der Waals surface area (Å²) in [6.45, 7) is 3.49. The molecule has 1 aliphatic rings. The lowest BCUT2D eigenvalue weighted by Crippen LogP contribution is -2.34. The molecular formula is C25H29FN6O. The van der Waals surface area contributed by atoms with Crippen molar-refractivity contribution in [3.63, 3.8) is 0 Å². The molecule has 1 fully saturated rings. The summed E-state index contributed by atoms with van der Waals surface area (Å²) in [6.07, 6.45) is 6.54. The Bertz CT molecular complexity index is 1140. The highest BCUT2D eigenvalue weighted by molar-refractivity contribution is 6.04. The largest absolute Gasteiger partial charge is 0.362 e. The van der Waals surface area contributed by atoms with Gasteiger partial charge in [0.05, 0.1) is 23.0 Å². The number of aryl methyl sites for hydroxylation is 1. The summed E-state index contributed by atoms with van der Waals surface area (Å²) in [5.74, 6) is 0.769. The Balaban J connectivity index is 1.54. The Labute approximate surface area is 193 Å². The fraction of sp³-hybridized carbons (Fsp3) is 0.360. The van der Waals surface area contributed by atoms with Crippen molar-refractivity contribution < 1.29 is 9.18 Å². The molecule has 3 aromatic rings. The van der Waals surface area contributed by atoms with Gasteiger partial charge in [0, 0.05) is 38.6 Å². The summed E-state index contributed by atoms with van der Waals surface area (Å²) >= 11 is 0. The van der Waals surface area contributed by atoms with Crippen LogP contribution in [-0.2, 0) is 6.54 Å². The quantitative estimate of drug-likeness (QED) is 0.604. The molecular weight excluding hydrogens is 419 g/mol. The van der Waals surface area contributed by atoms with E-state index in [2.05, 4.69) is 26.3 Å². The molecule has 7 nitrogen and oxygen atoms in total. The van der Waals surface area contributed by atoms with Gasteiger partial charge < -0.3 is 10.2 Å². The number of carbonyl (C=O) groups is 1. The summed E-state index contributed by atoms with van der Waals surface area (Å²) in [4.78, 5) is 30.9. The number of aromatic nitrogens is 3. The van der Waals surface area contributed by atoms with E-state index in [0.29, 0.717) is 17.1 Å². The lowest BCUT2D eigenvalue weighted by molar-refractivity contribution is 0.102. The first kappa shape index (κ1) is 22.8. The first-order valence-corrected chi connectivity index (χ1v) is 11.2. The van der Waals surface area contributed by atoms with Crippen LogP contribution >= 0.6 is 0 Å². The van der Waals surface area contributed by atoms with Crippen LogP contribution in [0, 0.1) is 12.7 Å². The van der Waals surface area contributed by atoms with Crippen molar-refractivity contribution >= 4 is 17.4 Å². The Morgan fingerprint density at radius 2 is 2.00 bits per heavy atom. The number of pyridine rings is 1. The van der Waals surface area contributed by atoms with Crippen LogP contribution in [0.3, 0.4) is 0 Å². The van der Waals surface area contributed by atoms with Crippen LogP contribution in [0.25, 0.3) is 0 Å². The van der Waals surface area contributed by atoms with Crippen molar-refractivity contribution in [2.45, 2.75) is 38.8 Å². The van der Waals surface area contributed by atoms with E-state index in [0.717, 1.165) is 43.7 Å². The topological polar surface area (TPSA) is 74.2 Å². The van der Waals surface area contributed by atoms with Crippen molar-refractivity contribution in [3.8, 4) is 0 Å². The van der Waals surface area contributed by atoms with Crippen molar-refractivity contribution in [1.29, 1.82) is 0 Å². The average Bonchev–Trinajstić information content (AvgIpc) is 2.81. The molecule has 172 valence electrons. The van der Waals surface area contributed by atoms with Crippen LogP contribution in [-0.4, -0.2) is 46.4 Å². The number of hydrogen-bond donors (Lipinski definition) is 1. The number of rotatable bonds is 6. The molecule has 0 aliphatic carbocycles. The highest BCUT2D eigenvalue weighted by Crippen LogP contribution is 2.32. The van der Waals surface area contributed by atoms with E-state index in [-0.39, 0.29) is 11.7 Å². The molecule has 0 saturated carbocycles. The van der Waals surface area contributed by atoms with Crippen molar-refractivity contribution in [3.05, 3.63) is 77.3 Å². The van der Waals surface area contributed by atoms with Crippen LogP contribution in [0.15, 0.2) is 48.8 Å². The van der Waals surface area contributed by atoms with Crippen molar-refractivity contribution in [2.75, 3.05) is 30.9 Å². The number of benzene rings is 1. The predicted octanol–water partition coefficient (Wildman–Crippen LogP) is 4.36. The van der Waals surface area contributed by atoms with Gasteiger partial charge in [-0.2, -0.15) is 0 Å². The zero-order chi connectivity index (χ0) is 23.4. The monoisotopic (exact) mass is 448 g/mol. The van der Waals surface area contributed by atoms with E-state index >= 15 is 0 Å². The lowest BCUT2D eigenvalue weighted by Gasteiger charge is -2.35. The van der Waals surface area contributed by atoms with Gasteiger partial charge in [0.2, 0.25) is 0 Å². The zero-order valence-electron chi connectivity index (χ0n) is 19.3. The minimum absolute atomic E-state index is 0.0661. The fourth-order valence-electron chi connectivity index (χ4n) is 4.27. The van der Waals surface area contributed by atoms with Gasteiger partial charge in [0.15, 0.2) is 0 Å². The van der Waals surface area contributed by atoms with E-state index < -0.39 is 11.7 Å². The smallest absolute Gasteiger partial charge is 0.259 e. The summed E-state index contributed by atoms with van der Waals surface area (Å²) in [5, 5.41) is 2.61. The van der Waals surface area contributed by atoms with E-state index in [1.54, 1.807) is 25.3 Å². The van der Waals surface area contributed by atoms with Crippen LogP contribution in [0.1, 0.15) is 52.7 Å². The second-order valence-corrected chi connectivity index (χ2v) is 8.52. The maximum absolute atomic E-state index is 13.9. The third kappa shape index (κ3) is 5.17. The number of anilines is 2. The van der Waals surface area contributed by atoms with Gasteiger partial charge in [-0.05, 0) is 44.5 Å². The second-order valence-electron chi connectivity index (χ2n) is 8.52. The molecule has 1 saturated heterocycles.